The minimum atomic E-state index is 0.152. The fraction of sp³-hybridized carbons (Fsp3) is 0.625. The van der Waals surface area contributed by atoms with Gasteiger partial charge in [0.1, 0.15) is 5.75 Å². The molecule has 0 amide bonds. The molecule has 2 rings (SSSR count). The molecule has 4 nitrogen and oxygen atoms in total. The Kier molecular flexibility index (Phi) is 5.40. The molecule has 0 aliphatic carbocycles. The summed E-state index contributed by atoms with van der Waals surface area (Å²) in [5.74, 6) is 0.923. The smallest absolute Gasteiger partial charge is 0.123 e. The summed E-state index contributed by atoms with van der Waals surface area (Å²) < 4.78 is 11.5. The van der Waals surface area contributed by atoms with Crippen LogP contribution in [0.15, 0.2) is 18.2 Å². The van der Waals surface area contributed by atoms with E-state index < -0.39 is 0 Å². The Labute approximate surface area is 122 Å². The van der Waals surface area contributed by atoms with Gasteiger partial charge in [0.25, 0.3) is 0 Å². The maximum atomic E-state index is 6.00. The summed E-state index contributed by atoms with van der Waals surface area (Å²) >= 11 is 0. The van der Waals surface area contributed by atoms with Crippen LogP contribution >= 0.6 is 0 Å². The third-order valence-corrected chi connectivity index (χ3v) is 4.03. The molecule has 1 aliphatic heterocycles. The van der Waals surface area contributed by atoms with Crippen molar-refractivity contribution in [2.45, 2.75) is 26.0 Å². The first-order chi connectivity index (χ1) is 9.69. The first-order valence-electron chi connectivity index (χ1n) is 7.35. The number of hydrogen-bond donors (Lipinski definition) is 1. The first kappa shape index (κ1) is 15.3. The number of morpholine rings is 1. The summed E-state index contributed by atoms with van der Waals surface area (Å²) in [7, 11) is 3.71. The fourth-order valence-electron chi connectivity index (χ4n) is 2.86. The van der Waals surface area contributed by atoms with Crippen molar-refractivity contribution < 1.29 is 9.47 Å². The van der Waals surface area contributed by atoms with Gasteiger partial charge in [0.2, 0.25) is 0 Å². The molecule has 20 heavy (non-hydrogen) atoms. The Morgan fingerprint density at radius 1 is 1.50 bits per heavy atom. The molecule has 0 bridgehead atoms. The highest BCUT2D eigenvalue weighted by atomic mass is 16.5. The molecule has 1 aromatic carbocycles. The van der Waals surface area contributed by atoms with Crippen LogP contribution in [-0.2, 0) is 4.74 Å². The molecule has 0 aromatic heterocycles. The number of methoxy groups -OCH3 is 1. The predicted octanol–water partition coefficient (Wildman–Crippen LogP) is 1.98. The van der Waals surface area contributed by atoms with Crippen molar-refractivity contribution in [3.63, 3.8) is 0 Å². The number of nitrogens with zero attached hydrogens (tertiary/aromatic N) is 1. The van der Waals surface area contributed by atoms with Gasteiger partial charge >= 0.3 is 0 Å². The lowest BCUT2D eigenvalue weighted by Crippen LogP contribution is -2.47. The van der Waals surface area contributed by atoms with Crippen LogP contribution in [0.1, 0.15) is 24.1 Å². The monoisotopic (exact) mass is 278 g/mol. The van der Waals surface area contributed by atoms with Crippen LogP contribution < -0.4 is 10.1 Å². The first-order valence-corrected chi connectivity index (χ1v) is 7.35. The number of benzene rings is 1. The number of rotatable bonds is 5. The van der Waals surface area contributed by atoms with Gasteiger partial charge in [-0.3, -0.25) is 4.90 Å². The lowest BCUT2D eigenvalue weighted by molar-refractivity contribution is -0.0447. The van der Waals surface area contributed by atoms with E-state index in [4.69, 9.17) is 9.47 Å². The molecule has 1 N–H and O–H groups in total. The van der Waals surface area contributed by atoms with Crippen molar-refractivity contribution in [1.29, 1.82) is 0 Å². The van der Waals surface area contributed by atoms with Crippen LogP contribution in [0.3, 0.4) is 0 Å². The van der Waals surface area contributed by atoms with E-state index in [1.54, 1.807) is 7.11 Å². The van der Waals surface area contributed by atoms with Gasteiger partial charge in [0, 0.05) is 18.7 Å². The Balaban J connectivity index is 2.25. The molecule has 112 valence electrons. The average molecular weight is 278 g/mol. The van der Waals surface area contributed by atoms with E-state index in [0.29, 0.717) is 0 Å². The zero-order valence-electron chi connectivity index (χ0n) is 13.0. The quantitative estimate of drug-likeness (QED) is 0.893. The van der Waals surface area contributed by atoms with Crippen LogP contribution in [0.25, 0.3) is 0 Å². The molecule has 1 fully saturated rings. The highest BCUT2D eigenvalue weighted by molar-refractivity contribution is 5.39. The van der Waals surface area contributed by atoms with E-state index in [1.165, 1.54) is 11.1 Å². The minimum Gasteiger partial charge on any atom is -0.496 e. The zero-order valence-corrected chi connectivity index (χ0v) is 13.0. The maximum Gasteiger partial charge on any atom is 0.123 e. The van der Waals surface area contributed by atoms with Crippen molar-refractivity contribution in [3.8, 4) is 5.75 Å². The number of hydrogen-bond acceptors (Lipinski definition) is 4. The van der Waals surface area contributed by atoms with Crippen molar-refractivity contribution >= 4 is 0 Å². The molecule has 0 spiro atoms. The number of nitrogens with one attached hydrogen (secondary N) is 1. The van der Waals surface area contributed by atoms with Gasteiger partial charge in [-0.15, -0.1) is 0 Å². The van der Waals surface area contributed by atoms with Gasteiger partial charge in [0.05, 0.1) is 25.9 Å². The average Bonchev–Trinajstić information content (AvgIpc) is 2.48. The fourth-order valence-corrected chi connectivity index (χ4v) is 2.86. The molecule has 1 aromatic rings. The third kappa shape index (κ3) is 3.32. The van der Waals surface area contributed by atoms with Gasteiger partial charge < -0.3 is 14.8 Å². The van der Waals surface area contributed by atoms with E-state index in [9.17, 15) is 0 Å². The highest BCUT2D eigenvalue weighted by Crippen LogP contribution is 2.30. The van der Waals surface area contributed by atoms with E-state index in [-0.39, 0.29) is 12.1 Å². The Hall–Kier alpha value is -1.10. The van der Waals surface area contributed by atoms with Gasteiger partial charge in [0.15, 0.2) is 0 Å². The van der Waals surface area contributed by atoms with E-state index >= 15 is 0 Å². The predicted molar refractivity (Wildman–Crippen MR) is 81.4 cm³/mol. The molecule has 2 unspecified atom stereocenters. The van der Waals surface area contributed by atoms with E-state index in [2.05, 4.69) is 36.2 Å². The number of aryl methyl sites for hydroxylation is 1. The van der Waals surface area contributed by atoms with E-state index in [1.807, 2.05) is 13.1 Å². The topological polar surface area (TPSA) is 33.7 Å². The third-order valence-electron chi connectivity index (χ3n) is 4.03. The van der Waals surface area contributed by atoms with Crippen molar-refractivity contribution in [3.05, 3.63) is 29.3 Å². The van der Waals surface area contributed by atoms with Crippen LogP contribution in [0.4, 0.5) is 0 Å². The summed E-state index contributed by atoms with van der Waals surface area (Å²) in [4.78, 5) is 2.43. The van der Waals surface area contributed by atoms with Gasteiger partial charge in [-0.25, -0.2) is 0 Å². The molecule has 1 saturated heterocycles. The highest BCUT2D eigenvalue weighted by Gasteiger charge is 2.29. The summed E-state index contributed by atoms with van der Waals surface area (Å²) in [6, 6.07) is 6.46. The molecule has 1 heterocycles. The second-order valence-corrected chi connectivity index (χ2v) is 5.31. The second kappa shape index (κ2) is 7.07. The van der Waals surface area contributed by atoms with Crippen LogP contribution in [0.2, 0.25) is 0 Å². The standard InChI is InChI=1S/C16H26N2O2/c1-5-18-8-9-20-15(11-18)16(17-3)13-10-12(2)6-7-14(13)19-4/h6-7,10,15-17H,5,8-9,11H2,1-4H3. The molecule has 0 saturated carbocycles. The molecule has 1 aliphatic rings. The van der Waals surface area contributed by atoms with Gasteiger partial charge in [-0.05, 0) is 26.6 Å². The van der Waals surface area contributed by atoms with Gasteiger partial charge in [-0.1, -0.05) is 24.6 Å². The van der Waals surface area contributed by atoms with Crippen LogP contribution in [0.5, 0.6) is 5.75 Å². The number of ether oxygens (including phenoxy) is 2. The zero-order chi connectivity index (χ0) is 14.5. The minimum absolute atomic E-state index is 0.152. The summed E-state index contributed by atoms with van der Waals surface area (Å²) in [6.07, 6.45) is 0.157. The van der Waals surface area contributed by atoms with Crippen LogP contribution in [0, 0.1) is 6.92 Å². The summed E-state index contributed by atoms with van der Waals surface area (Å²) in [5.41, 5.74) is 2.42. The van der Waals surface area contributed by atoms with Crippen molar-refractivity contribution in [2.24, 2.45) is 0 Å². The molecule has 2 atom stereocenters. The Bertz CT molecular complexity index is 436. The van der Waals surface area contributed by atoms with Crippen LogP contribution in [-0.4, -0.2) is 51.4 Å². The molecular formula is C16H26N2O2. The summed E-state index contributed by atoms with van der Waals surface area (Å²) in [5, 5.41) is 3.40. The summed E-state index contributed by atoms with van der Waals surface area (Å²) in [6.45, 7) is 8.15. The van der Waals surface area contributed by atoms with Gasteiger partial charge in [-0.2, -0.15) is 0 Å². The van der Waals surface area contributed by atoms with E-state index in [0.717, 1.165) is 32.0 Å². The molecular weight excluding hydrogens is 252 g/mol. The SMILES string of the molecule is CCN1CCOC(C(NC)c2cc(C)ccc2OC)C1. The largest absolute Gasteiger partial charge is 0.496 e. The molecule has 0 radical (unpaired) electrons. The number of likely N-dealkylation sites (N-methyl/N-ethyl adjacent to an activating group) is 2. The normalized spacial score (nSPS) is 21.7. The van der Waals surface area contributed by atoms with Crippen molar-refractivity contribution in [1.82, 2.24) is 10.2 Å². The van der Waals surface area contributed by atoms with Crippen molar-refractivity contribution in [2.75, 3.05) is 40.4 Å². The lowest BCUT2D eigenvalue weighted by atomic mass is 9.97. The molecule has 4 heteroatoms. The lowest BCUT2D eigenvalue weighted by Gasteiger charge is -2.37. The maximum absolute atomic E-state index is 6.00. The second-order valence-electron chi connectivity index (χ2n) is 5.31. The Morgan fingerprint density at radius 3 is 2.95 bits per heavy atom. The Morgan fingerprint density at radius 2 is 2.30 bits per heavy atom.